The minimum absolute atomic E-state index is 0.0618. The number of hydrogen-bond acceptors (Lipinski definition) is 3. The molecular formula is C12H21N3O4. The lowest BCUT2D eigenvalue weighted by Gasteiger charge is -2.37. The Kier molecular flexibility index (Phi) is 5.14. The van der Waals surface area contributed by atoms with Crippen molar-refractivity contribution >= 4 is 17.9 Å². The van der Waals surface area contributed by atoms with Crippen LogP contribution in [0.1, 0.15) is 33.1 Å². The van der Waals surface area contributed by atoms with E-state index >= 15 is 0 Å². The predicted molar refractivity (Wildman–Crippen MR) is 68.3 cm³/mol. The van der Waals surface area contributed by atoms with E-state index in [1.807, 2.05) is 6.92 Å². The maximum atomic E-state index is 12.0. The maximum absolute atomic E-state index is 12.0. The van der Waals surface area contributed by atoms with Crippen LogP contribution in [0.15, 0.2) is 0 Å². The number of hydrogen-bond donors (Lipinski definition) is 3. The molecule has 4 N–H and O–H groups in total. The van der Waals surface area contributed by atoms with E-state index in [2.05, 4.69) is 12.2 Å². The summed E-state index contributed by atoms with van der Waals surface area (Å²) in [5.74, 6) is -1.46. The first-order valence-corrected chi connectivity index (χ1v) is 6.39. The average molecular weight is 271 g/mol. The number of carbonyl (C=O) groups is 3. The topological polar surface area (TPSA) is 113 Å². The Morgan fingerprint density at radius 2 is 2.05 bits per heavy atom. The van der Waals surface area contributed by atoms with Crippen LogP contribution in [0.3, 0.4) is 0 Å². The summed E-state index contributed by atoms with van der Waals surface area (Å²) < 4.78 is 0. The molecule has 108 valence electrons. The highest BCUT2D eigenvalue weighted by molar-refractivity contribution is 5.87. The van der Waals surface area contributed by atoms with Crippen LogP contribution in [0.4, 0.5) is 4.79 Å². The van der Waals surface area contributed by atoms with Crippen molar-refractivity contribution in [3.63, 3.8) is 0 Å². The number of nitrogens with zero attached hydrogens (tertiary/aromatic N) is 1. The highest BCUT2D eigenvalue weighted by Gasteiger charge is 2.30. The molecule has 0 aromatic carbocycles. The van der Waals surface area contributed by atoms with E-state index in [4.69, 9.17) is 10.8 Å². The third-order valence-electron chi connectivity index (χ3n) is 3.40. The number of carbonyl (C=O) groups excluding carboxylic acids is 2. The van der Waals surface area contributed by atoms with Crippen molar-refractivity contribution in [3.05, 3.63) is 0 Å². The predicted octanol–water partition coefficient (Wildman–Crippen LogP) is 0.145. The lowest BCUT2D eigenvalue weighted by Crippen LogP contribution is -2.53. The van der Waals surface area contributed by atoms with Crippen molar-refractivity contribution in [2.45, 2.75) is 45.2 Å². The molecule has 1 aliphatic heterocycles. The summed E-state index contributed by atoms with van der Waals surface area (Å²) in [5.41, 5.74) is 4.96. The van der Waals surface area contributed by atoms with Gasteiger partial charge in [0.25, 0.3) is 0 Å². The van der Waals surface area contributed by atoms with Gasteiger partial charge in [0.05, 0.1) is 6.42 Å². The van der Waals surface area contributed by atoms with E-state index in [-0.39, 0.29) is 6.04 Å². The summed E-state index contributed by atoms with van der Waals surface area (Å²) in [7, 11) is 0. The van der Waals surface area contributed by atoms with Crippen LogP contribution in [-0.2, 0) is 9.59 Å². The Balaban J connectivity index is 2.61. The van der Waals surface area contributed by atoms with Gasteiger partial charge in [-0.25, -0.2) is 9.59 Å². The lowest BCUT2D eigenvalue weighted by molar-refractivity contribution is -0.141. The molecule has 3 unspecified atom stereocenters. The fraction of sp³-hybridized carbons (Fsp3) is 0.750. The van der Waals surface area contributed by atoms with E-state index < -0.39 is 30.4 Å². The SMILES string of the molecule is CC1CCN(C(=O)NC(CC(N)=O)C(=O)O)C(C)C1. The normalized spacial score (nSPS) is 24.6. The van der Waals surface area contributed by atoms with Gasteiger partial charge in [-0.1, -0.05) is 6.92 Å². The number of primary amides is 1. The van der Waals surface area contributed by atoms with Gasteiger partial charge >= 0.3 is 12.0 Å². The van der Waals surface area contributed by atoms with Crippen molar-refractivity contribution in [1.29, 1.82) is 0 Å². The molecule has 19 heavy (non-hydrogen) atoms. The number of amides is 3. The van der Waals surface area contributed by atoms with E-state index in [0.717, 1.165) is 12.8 Å². The molecule has 7 nitrogen and oxygen atoms in total. The van der Waals surface area contributed by atoms with Gasteiger partial charge in [0.1, 0.15) is 6.04 Å². The maximum Gasteiger partial charge on any atom is 0.326 e. The van der Waals surface area contributed by atoms with Crippen LogP contribution >= 0.6 is 0 Å². The van der Waals surface area contributed by atoms with Gasteiger partial charge < -0.3 is 21.1 Å². The summed E-state index contributed by atoms with van der Waals surface area (Å²) in [5, 5.41) is 11.3. The zero-order valence-electron chi connectivity index (χ0n) is 11.3. The number of nitrogens with two attached hydrogens (primary N) is 1. The van der Waals surface area contributed by atoms with Crippen LogP contribution in [0.2, 0.25) is 0 Å². The highest BCUT2D eigenvalue weighted by Crippen LogP contribution is 2.22. The van der Waals surface area contributed by atoms with Crippen LogP contribution in [0.5, 0.6) is 0 Å². The fourth-order valence-electron chi connectivity index (χ4n) is 2.34. The number of piperidine rings is 1. The number of carboxylic acids is 1. The molecule has 0 bridgehead atoms. The molecule has 7 heteroatoms. The van der Waals surface area contributed by atoms with E-state index in [9.17, 15) is 14.4 Å². The average Bonchev–Trinajstić information content (AvgIpc) is 2.26. The second-order valence-corrected chi connectivity index (χ2v) is 5.18. The van der Waals surface area contributed by atoms with Crippen molar-refractivity contribution in [1.82, 2.24) is 10.2 Å². The van der Waals surface area contributed by atoms with Gasteiger partial charge in [-0.05, 0) is 25.7 Å². The Labute approximate surface area is 112 Å². The third kappa shape index (κ3) is 4.42. The Bertz CT molecular complexity index is 372. The van der Waals surface area contributed by atoms with Gasteiger partial charge in [0, 0.05) is 12.6 Å². The number of likely N-dealkylation sites (tertiary alicyclic amines) is 1. The van der Waals surface area contributed by atoms with Gasteiger partial charge in [-0.2, -0.15) is 0 Å². The van der Waals surface area contributed by atoms with E-state index in [1.54, 1.807) is 4.90 Å². The number of nitrogens with one attached hydrogen (secondary N) is 1. The van der Waals surface area contributed by atoms with Crippen molar-refractivity contribution < 1.29 is 19.5 Å². The van der Waals surface area contributed by atoms with Gasteiger partial charge in [-0.15, -0.1) is 0 Å². The summed E-state index contributed by atoms with van der Waals surface area (Å²) >= 11 is 0. The van der Waals surface area contributed by atoms with E-state index in [1.165, 1.54) is 0 Å². The Hall–Kier alpha value is -1.79. The molecular weight excluding hydrogens is 250 g/mol. The van der Waals surface area contributed by atoms with Crippen LogP contribution in [-0.4, -0.2) is 46.5 Å². The van der Waals surface area contributed by atoms with Gasteiger partial charge in [0.2, 0.25) is 5.91 Å². The number of carboxylic acid groups (broad SMARTS) is 1. The van der Waals surface area contributed by atoms with Gasteiger partial charge in [-0.3, -0.25) is 4.79 Å². The first kappa shape index (κ1) is 15.3. The number of urea groups is 1. The summed E-state index contributed by atoms with van der Waals surface area (Å²) in [6, 6.07) is -1.66. The van der Waals surface area contributed by atoms with Crippen LogP contribution in [0, 0.1) is 5.92 Å². The first-order valence-electron chi connectivity index (χ1n) is 6.39. The second kappa shape index (κ2) is 6.40. The molecule has 1 aliphatic rings. The minimum Gasteiger partial charge on any atom is -0.480 e. The molecule has 1 fully saturated rings. The van der Waals surface area contributed by atoms with Crippen molar-refractivity contribution in [2.75, 3.05) is 6.54 Å². The standard InChI is InChI=1S/C12H21N3O4/c1-7-3-4-15(8(2)5-7)12(19)14-9(11(17)18)6-10(13)16/h7-9H,3-6H2,1-2H3,(H2,13,16)(H,14,19)(H,17,18). The zero-order chi connectivity index (χ0) is 14.6. The van der Waals surface area contributed by atoms with E-state index in [0.29, 0.717) is 12.5 Å². The van der Waals surface area contributed by atoms with Crippen molar-refractivity contribution in [3.8, 4) is 0 Å². The summed E-state index contributed by atoms with van der Waals surface area (Å²) in [6.07, 6.45) is 1.38. The molecule has 0 aromatic heterocycles. The van der Waals surface area contributed by atoms with Crippen LogP contribution < -0.4 is 11.1 Å². The summed E-state index contributed by atoms with van der Waals surface area (Å²) in [4.78, 5) is 35.3. The summed E-state index contributed by atoms with van der Waals surface area (Å²) in [6.45, 7) is 4.65. The van der Waals surface area contributed by atoms with Gasteiger partial charge in [0.15, 0.2) is 0 Å². The fourth-order valence-corrected chi connectivity index (χ4v) is 2.34. The second-order valence-electron chi connectivity index (χ2n) is 5.18. The Morgan fingerprint density at radius 1 is 1.42 bits per heavy atom. The molecule has 1 saturated heterocycles. The smallest absolute Gasteiger partial charge is 0.326 e. The first-order chi connectivity index (χ1) is 8.81. The third-order valence-corrected chi connectivity index (χ3v) is 3.40. The minimum atomic E-state index is -1.27. The molecule has 1 heterocycles. The van der Waals surface area contributed by atoms with Crippen molar-refractivity contribution in [2.24, 2.45) is 11.7 Å². The highest BCUT2D eigenvalue weighted by atomic mass is 16.4. The number of rotatable bonds is 4. The Morgan fingerprint density at radius 3 is 2.53 bits per heavy atom. The molecule has 3 amide bonds. The largest absolute Gasteiger partial charge is 0.480 e. The molecule has 0 spiro atoms. The molecule has 0 aliphatic carbocycles. The zero-order valence-corrected chi connectivity index (χ0v) is 11.3. The molecule has 0 saturated carbocycles. The molecule has 1 rings (SSSR count). The molecule has 3 atom stereocenters. The molecule has 0 aromatic rings. The van der Waals surface area contributed by atoms with Crippen LogP contribution in [0.25, 0.3) is 0 Å². The monoisotopic (exact) mass is 271 g/mol. The quantitative estimate of drug-likeness (QED) is 0.675. The lowest BCUT2D eigenvalue weighted by atomic mass is 9.94. The molecule has 0 radical (unpaired) electrons. The number of aliphatic carboxylic acids is 1.